The molecular formula is C27H26N4OS. The van der Waals surface area contributed by atoms with Crippen molar-refractivity contribution >= 4 is 23.0 Å². The van der Waals surface area contributed by atoms with Crippen molar-refractivity contribution in [2.75, 3.05) is 12.0 Å². The minimum Gasteiger partial charge on any atom is -0.497 e. The number of hydrogen-bond acceptors (Lipinski definition) is 3. The number of aryl methyl sites for hydroxylation is 1. The fourth-order valence-electron chi connectivity index (χ4n) is 4.75. The Morgan fingerprint density at radius 3 is 2.30 bits per heavy atom. The van der Waals surface area contributed by atoms with Gasteiger partial charge in [0.1, 0.15) is 5.75 Å². The first-order valence-corrected chi connectivity index (χ1v) is 11.4. The van der Waals surface area contributed by atoms with Gasteiger partial charge >= 0.3 is 0 Å². The molecule has 1 saturated heterocycles. The summed E-state index contributed by atoms with van der Waals surface area (Å²) in [6.45, 7) is 4.32. The lowest BCUT2D eigenvalue weighted by molar-refractivity contribution is 0.414. The summed E-state index contributed by atoms with van der Waals surface area (Å²) < 4.78 is 7.63. The molecule has 0 aliphatic carbocycles. The SMILES string of the molecule is COc1ccc(-n2c(C)cc([C@H]3[C@@H](c4ccccn4)NC(=S)N3c3ccccc3)c2C)cc1. The summed E-state index contributed by atoms with van der Waals surface area (Å²) in [6.07, 6.45) is 1.84. The average molecular weight is 455 g/mol. The third kappa shape index (κ3) is 3.76. The van der Waals surface area contributed by atoms with Gasteiger partial charge in [-0.25, -0.2) is 0 Å². The van der Waals surface area contributed by atoms with Crippen LogP contribution >= 0.6 is 12.2 Å². The molecule has 4 aromatic rings. The third-order valence-corrected chi connectivity index (χ3v) is 6.57. The lowest BCUT2D eigenvalue weighted by atomic mass is 9.96. The van der Waals surface area contributed by atoms with Crippen molar-refractivity contribution in [3.05, 3.63) is 108 Å². The van der Waals surface area contributed by atoms with Crippen molar-refractivity contribution < 1.29 is 4.74 Å². The molecule has 166 valence electrons. The Kier molecular flexibility index (Phi) is 5.60. The summed E-state index contributed by atoms with van der Waals surface area (Å²) in [4.78, 5) is 6.88. The summed E-state index contributed by atoms with van der Waals surface area (Å²) in [7, 11) is 1.69. The minimum absolute atomic E-state index is 0.0343. The van der Waals surface area contributed by atoms with Gasteiger partial charge in [-0.05, 0) is 86.2 Å². The van der Waals surface area contributed by atoms with E-state index >= 15 is 0 Å². The highest BCUT2D eigenvalue weighted by Crippen LogP contribution is 2.43. The van der Waals surface area contributed by atoms with Crippen molar-refractivity contribution in [3.8, 4) is 11.4 Å². The maximum Gasteiger partial charge on any atom is 0.174 e. The zero-order valence-electron chi connectivity index (χ0n) is 18.9. The Morgan fingerprint density at radius 1 is 0.909 bits per heavy atom. The van der Waals surface area contributed by atoms with Gasteiger partial charge in [0, 0.05) is 29.0 Å². The molecule has 2 atom stereocenters. The molecule has 33 heavy (non-hydrogen) atoms. The van der Waals surface area contributed by atoms with Crippen LogP contribution in [0.4, 0.5) is 5.69 Å². The van der Waals surface area contributed by atoms with Crippen LogP contribution in [0.5, 0.6) is 5.75 Å². The zero-order chi connectivity index (χ0) is 22.9. The van der Waals surface area contributed by atoms with Crippen LogP contribution in [0.15, 0.2) is 85.1 Å². The molecule has 5 nitrogen and oxygen atoms in total. The molecule has 1 aliphatic heterocycles. The van der Waals surface area contributed by atoms with Gasteiger partial charge in [-0.1, -0.05) is 24.3 Å². The summed E-state index contributed by atoms with van der Waals surface area (Å²) in [5, 5.41) is 4.25. The molecule has 2 aromatic carbocycles. The van der Waals surface area contributed by atoms with E-state index in [-0.39, 0.29) is 12.1 Å². The molecule has 2 aromatic heterocycles. The van der Waals surface area contributed by atoms with Crippen LogP contribution in [0.2, 0.25) is 0 Å². The molecule has 5 rings (SSSR count). The van der Waals surface area contributed by atoms with E-state index in [1.165, 1.54) is 17.0 Å². The molecule has 0 unspecified atom stereocenters. The number of benzene rings is 2. The highest BCUT2D eigenvalue weighted by Gasteiger charge is 2.42. The second-order valence-electron chi connectivity index (χ2n) is 8.19. The summed E-state index contributed by atoms with van der Waals surface area (Å²) in [5.41, 5.74) is 6.70. The van der Waals surface area contributed by atoms with Gasteiger partial charge in [0.2, 0.25) is 0 Å². The monoisotopic (exact) mass is 454 g/mol. The van der Waals surface area contributed by atoms with E-state index in [9.17, 15) is 0 Å². The smallest absolute Gasteiger partial charge is 0.174 e. The van der Waals surface area contributed by atoms with Crippen LogP contribution in [0, 0.1) is 13.8 Å². The van der Waals surface area contributed by atoms with E-state index in [0.29, 0.717) is 5.11 Å². The quantitative estimate of drug-likeness (QED) is 0.393. The number of pyridine rings is 1. The Balaban J connectivity index is 1.65. The Bertz CT molecular complexity index is 1270. The molecular weight excluding hydrogens is 428 g/mol. The first-order valence-electron chi connectivity index (χ1n) is 11.0. The van der Waals surface area contributed by atoms with Crippen LogP contribution in [0.1, 0.15) is 34.7 Å². The van der Waals surface area contributed by atoms with Crippen molar-refractivity contribution in [3.63, 3.8) is 0 Å². The Hall–Kier alpha value is -3.64. The van der Waals surface area contributed by atoms with Gasteiger partial charge in [0.25, 0.3) is 0 Å². The molecule has 1 N–H and O–H groups in total. The predicted molar refractivity (Wildman–Crippen MR) is 136 cm³/mol. The Labute approximate surface area is 199 Å². The van der Waals surface area contributed by atoms with Crippen molar-refractivity contribution in [1.82, 2.24) is 14.9 Å². The molecule has 0 spiro atoms. The van der Waals surface area contributed by atoms with E-state index in [0.717, 1.165) is 22.8 Å². The van der Waals surface area contributed by atoms with Crippen LogP contribution in [-0.2, 0) is 0 Å². The van der Waals surface area contributed by atoms with Gasteiger partial charge in [0.05, 0.1) is 24.9 Å². The third-order valence-electron chi connectivity index (χ3n) is 6.25. The zero-order valence-corrected chi connectivity index (χ0v) is 19.7. The summed E-state index contributed by atoms with van der Waals surface area (Å²) in [5.74, 6) is 0.845. The second kappa shape index (κ2) is 8.71. The van der Waals surface area contributed by atoms with Crippen molar-refractivity contribution in [2.45, 2.75) is 25.9 Å². The number of methoxy groups -OCH3 is 1. The number of thiocarbonyl (C=S) groups is 1. The number of rotatable bonds is 5. The van der Waals surface area contributed by atoms with Gasteiger partial charge < -0.3 is 19.5 Å². The molecule has 3 heterocycles. The first kappa shape index (κ1) is 21.2. The normalized spacial score (nSPS) is 17.8. The maximum absolute atomic E-state index is 5.85. The molecule has 0 amide bonds. The highest BCUT2D eigenvalue weighted by molar-refractivity contribution is 7.80. The summed E-state index contributed by atoms with van der Waals surface area (Å²) in [6, 6.07) is 26.7. The first-order chi connectivity index (χ1) is 16.1. The standard InChI is InChI=1S/C27H26N4OS/c1-18-17-23(19(2)30(18)21-12-14-22(32-3)15-13-21)26-25(24-11-7-8-16-28-24)29-27(33)31(26)20-9-5-4-6-10-20/h4-17,25-26H,1-3H3,(H,29,33)/t25-,26+/m1/s1. The lowest BCUT2D eigenvalue weighted by Crippen LogP contribution is -2.29. The minimum atomic E-state index is -0.0660. The predicted octanol–water partition coefficient (Wildman–Crippen LogP) is 5.67. The van der Waals surface area contributed by atoms with E-state index in [1.54, 1.807) is 7.11 Å². The molecule has 1 fully saturated rings. The maximum atomic E-state index is 5.85. The lowest BCUT2D eigenvalue weighted by Gasteiger charge is -2.28. The number of ether oxygens (including phenoxy) is 1. The van der Waals surface area contributed by atoms with Gasteiger partial charge in [-0.15, -0.1) is 0 Å². The molecule has 0 saturated carbocycles. The average Bonchev–Trinajstić information content (AvgIpc) is 3.35. The largest absolute Gasteiger partial charge is 0.497 e. The number of anilines is 1. The summed E-state index contributed by atoms with van der Waals surface area (Å²) >= 11 is 5.85. The number of nitrogens with one attached hydrogen (secondary N) is 1. The topological polar surface area (TPSA) is 42.3 Å². The molecule has 1 aliphatic rings. The van der Waals surface area contributed by atoms with Gasteiger partial charge in [-0.2, -0.15) is 0 Å². The highest BCUT2D eigenvalue weighted by atomic mass is 32.1. The molecule has 6 heteroatoms. The number of para-hydroxylation sites is 1. The second-order valence-corrected chi connectivity index (χ2v) is 8.58. The van der Waals surface area contributed by atoms with Crippen LogP contribution < -0.4 is 15.0 Å². The molecule has 0 radical (unpaired) electrons. The number of nitrogens with zero attached hydrogens (tertiary/aromatic N) is 3. The van der Waals surface area contributed by atoms with Crippen LogP contribution in [-0.4, -0.2) is 21.8 Å². The van der Waals surface area contributed by atoms with Crippen molar-refractivity contribution in [1.29, 1.82) is 0 Å². The number of hydrogen-bond donors (Lipinski definition) is 1. The van der Waals surface area contributed by atoms with Gasteiger partial charge in [-0.3, -0.25) is 4.98 Å². The van der Waals surface area contributed by atoms with E-state index in [2.05, 4.69) is 70.0 Å². The number of aromatic nitrogens is 2. The Morgan fingerprint density at radius 2 is 1.64 bits per heavy atom. The van der Waals surface area contributed by atoms with Crippen LogP contribution in [0.3, 0.4) is 0 Å². The van der Waals surface area contributed by atoms with Crippen molar-refractivity contribution in [2.24, 2.45) is 0 Å². The fraction of sp³-hybridized carbons (Fsp3) is 0.185. The molecule has 0 bridgehead atoms. The van der Waals surface area contributed by atoms with E-state index < -0.39 is 0 Å². The van der Waals surface area contributed by atoms with Crippen LogP contribution in [0.25, 0.3) is 5.69 Å². The van der Waals surface area contributed by atoms with Gasteiger partial charge in [0.15, 0.2) is 5.11 Å². The fourth-order valence-corrected chi connectivity index (χ4v) is 5.10. The van der Waals surface area contributed by atoms with E-state index in [1.807, 2.05) is 48.7 Å². The van der Waals surface area contributed by atoms with E-state index in [4.69, 9.17) is 17.0 Å².